The van der Waals surface area contributed by atoms with E-state index in [2.05, 4.69) is 18.2 Å². The van der Waals surface area contributed by atoms with Crippen LogP contribution in [0.2, 0.25) is 0 Å². The second-order valence-corrected chi connectivity index (χ2v) is 7.60. The average Bonchev–Trinajstić information content (AvgIpc) is 3.24. The van der Waals surface area contributed by atoms with Crippen LogP contribution in [-0.2, 0) is 22.4 Å². The molecule has 0 saturated carbocycles. The fourth-order valence-electron chi connectivity index (χ4n) is 3.31. The Morgan fingerprint density at radius 2 is 1.88 bits per heavy atom. The molecule has 2 aromatic carbocycles. The number of aryl methyl sites for hydroxylation is 1. The standard InChI is InChI=1S/C21H19NO3S/c23-20(11-10-18-13-16-8-4-5-9-19(16)26-18)22-17(14-25-21(22)24)12-15-6-2-1-3-7-15/h1-9,13,17H,10-12,14H2. The molecule has 5 heteroatoms. The van der Waals surface area contributed by atoms with Crippen LogP contribution < -0.4 is 0 Å². The van der Waals surface area contributed by atoms with E-state index in [1.165, 1.54) is 15.0 Å². The van der Waals surface area contributed by atoms with Crippen LogP contribution in [0.15, 0.2) is 60.7 Å². The Bertz CT molecular complexity index is 902. The molecule has 0 bridgehead atoms. The van der Waals surface area contributed by atoms with E-state index in [0.717, 1.165) is 10.4 Å². The van der Waals surface area contributed by atoms with E-state index in [4.69, 9.17) is 4.74 Å². The molecule has 1 aliphatic heterocycles. The molecule has 132 valence electrons. The molecule has 0 radical (unpaired) electrons. The zero-order valence-electron chi connectivity index (χ0n) is 14.3. The van der Waals surface area contributed by atoms with Gasteiger partial charge in [-0.2, -0.15) is 0 Å². The SMILES string of the molecule is O=C(CCc1cc2ccccc2s1)N1C(=O)OCC1Cc1ccccc1. The van der Waals surface area contributed by atoms with Gasteiger partial charge in [0.05, 0.1) is 6.04 Å². The van der Waals surface area contributed by atoms with E-state index in [1.807, 2.05) is 42.5 Å². The molecule has 4 rings (SSSR count). The number of imide groups is 1. The maximum Gasteiger partial charge on any atom is 0.416 e. The van der Waals surface area contributed by atoms with Gasteiger partial charge in [0.25, 0.3) is 0 Å². The van der Waals surface area contributed by atoms with Gasteiger partial charge in [0.1, 0.15) is 6.61 Å². The molecule has 0 spiro atoms. The summed E-state index contributed by atoms with van der Waals surface area (Å²) < 4.78 is 6.36. The number of fused-ring (bicyclic) bond motifs is 1. The first-order valence-electron chi connectivity index (χ1n) is 8.71. The van der Waals surface area contributed by atoms with E-state index in [1.54, 1.807) is 11.3 Å². The highest BCUT2D eigenvalue weighted by Gasteiger charge is 2.37. The lowest BCUT2D eigenvalue weighted by molar-refractivity contribution is -0.129. The van der Waals surface area contributed by atoms with Crippen LogP contribution in [0.5, 0.6) is 0 Å². The van der Waals surface area contributed by atoms with Gasteiger partial charge in [-0.15, -0.1) is 11.3 Å². The van der Waals surface area contributed by atoms with Crippen molar-refractivity contribution in [3.8, 4) is 0 Å². The predicted octanol–water partition coefficient (Wildman–Crippen LogP) is 4.42. The lowest BCUT2D eigenvalue weighted by Crippen LogP contribution is -2.40. The van der Waals surface area contributed by atoms with E-state index >= 15 is 0 Å². The van der Waals surface area contributed by atoms with E-state index < -0.39 is 6.09 Å². The lowest BCUT2D eigenvalue weighted by Gasteiger charge is -2.19. The highest BCUT2D eigenvalue weighted by molar-refractivity contribution is 7.19. The third-order valence-corrected chi connectivity index (χ3v) is 5.78. The summed E-state index contributed by atoms with van der Waals surface area (Å²) in [5, 5.41) is 1.20. The number of hydrogen-bond acceptors (Lipinski definition) is 4. The summed E-state index contributed by atoms with van der Waals surface area (Å²) in [6.07, 6.45) is 1.06. The number of benzene rings is 2. The third kappa shape index (κ3) is 3.48. The molecule has 0 aliphatic carbocycles. The van der Waals surface area contributed by atoms with Crippen molar-refractivity contribution in [3.05, 3.63) is 71.1 Å². The van der Waals surface area contributed by atoms with Gasteiger partial charge in [-0.05, 0) is 35.9 Å². The fraction of sp³-hybridized carbons (Fsp3) is 0.238. The topological polar surface area (TPSA) is 46.6 Å². The summed E-state index contributed by atoms with van der Waals surface area (Å²) in [6, 6.07) is 20.0. The first-order chi connectivity index (χ1) is 12.7. The van der Waals surface area contributed by atoms with Gasteiger partial charge in [0.15, 0.2) is 0 Å². The zero-order chi connectivity index (χ0) is 17.9. The Morgan fingerprint density at radius 3 is 2.69 bits per heavy atom. The number of thiophene rings is 1. The summed E-state index contributed by atoms with van der Waals surface area (Å²) in [4.78, 5) is 27.2. The number of nitrogens with zero attached hydrogens (tertiary/aromatic N) is 1. The van der Waals surface area contributed by atoms with Gasteiger partial charge in [-0.3, -0.25) is 4.79 Å². The molecule has 1 fully saturated rings. The van der Waals surface area contributed by atoms with Crippen molar-refractivity contribution in [1.29, 1.82) is 0 Å². The Kier molecular flexibility index (Phi) is 4.71. The highest BCUT2D eigenvalue weighted by Crippen LogP contribution is 2.27. The van der Waals surface area contributed by atoms with Crippen LogP contribution >= 0.6 is 11.3 Å². The number of carbonyl (C=O) groups excluding carboxylic acids is 2. The zero-order valence-corrected chi connectivity index (χ0v) is 15.1. The second kappa shape index (κ2) is 7.30. The molecule has 1 atom stereocenters. The molecule has 2 amide bonds. The highest BCUT2D eigenvalue weighted by atomic mass is 32.1. The summed E-state index contributed by atoms with van der Waals surface area (Å²) in [6.45, 7) is 0.266. The minimum Gasteiger partial charge on any atom is -0.447 e. The molecule has 2 heterocycles. The first kappa shape index (κ1) is 16.8. The molecular weight excluding hydrogens is 346 g/mol. The van der Waals surface area contributed by atoms with Crippen LogP contribution in [0.4, 0.5) is 4.79 Å². The minimum absolute atomic E-state index is 0.161. The van der Waals surface area contributed by atoms with Gasteiger partial charge >= 0.3 is 6.09 Å². The van der Waals surface area contributed by atoms with E-state index in [9.17, 15) is 9.59 Å². The normalized spacial score (nSPS) is 16.8. The number of hydrogen-bond donors (Lipinski definition) is 0. The van der Waals surface area contributed by atoms with E-state index in [0.29, 0.717) is 19.3 Å². The number of rotatable bonds is 5. The third-order valence-electron chi connectivity index (χ3n) is 4.61. The maximum absolute atomic E-state index is 12.7. The lowest BCUT2D eigenvalue weighted by atomic mass is 10.1. The fourth-order valence-corrected chi connectivity index (χ4v) is 4.38. The molecule has 1 aliphatic rings. The van der Waals surface area contributed by atoms with Crippen molar-refractivity contribution in [2.24, 2.45) is 0 Å². The largest absolute Gasteiger partial charge is 0.447 e. The number of amides is 2. The molecule has 1 saturated heterocycles. The molecule has 0 N–H and O–H groups in total. The quantitative estimate of drug-likeness (QED) is 0.672. The monoisotopic (exact) mass is 365 g/mol. The van der Waals surface area contributed by atoms with Crippen LogP contribution in [0.25, 0.3) is 10.1 Å². The van der Waals surface area contributed by atoms with Gasteiger partial charge < -0.3 is 4.74 Å². The van der Waals surface area contributed by atoms with Gasteiger partial charge in [-0.1, -0.05) is 48.5 Å². The van der Waals surface area contributed by atoms with Gasteiger partial charge in [0.2, 0.25) is 5.91 Å². The number of ether oxygens (including phenoxy) is 1. The second-order valence-electron chi connectivity index (χ2n) is 6.43. The first-order valence-corrected chi connectivity index (χ1v) is 9.52. The smallest absolute Gasteiger partial charge is 0.416 e. The molecule has 1 aromatic heterocycles. The van der Waals surface area contributed by atoms with Crippen LogP contribution in [-0.4, -0.2) is 29.5 Å². The van der Waals surface area contributed by atoms with Crippen LogP contribution in [0.3, 0.4) is 0 Å². The number of cyclic esters (lactones) is 1. The molecular formula is C21H19NO3S. The van der Waals surface area contributed by atoms with Crippen molar-refractivity contribution in [2.45, 2.75) is 25.3 Å². The van der Waals surface area contributed by atoms with E-state index in [-0.39, 0.29) is 18.6 Å². The van der Waals surface area contributed by atoms with Crippen LogP contribution in [0.1, 0.15) is 16.9 Å². The molecule has 3 aromatic rings. The molecule has 1 unspecified atom stereocenters. The van der Waals surface area contributed by atoms with Crippen molar-refractivity contribution in [3.63, 3.8) is 0 Å². The predicted molar refractivity (Wildman–Crippen MR) is 102 cm³/mol. The molecule has 4 nitrogen and oxygen atoms in total. The summed E-state index contributed by atoms with van der Waals surface area (Å²) >= 11 is 1.70. The average molecular weight is 365 g/mol. The Morgan fingerprint density at radius 1 is 1.12 bits per heavy atom. The summed E-state index contributed by atoms with van der Waals surface area (Å²) in [7, 11) is 0. The van der Waals surface area contributed by atoms with Crippen molar-refractivity contribution < 1.29 is 14.3 Å². The number of carbonyl (C=O) groups is 2. The van der Waals surface area contributed by atoms with Crippen LogP contribution in [0, 0.1) is 0 Å². The maximum atomic E-state index is 12.7. The Labute approximate surface area is 156 Å². The summed E-state index contributed by atoms with van der Waals surface area (Å²) in [5.41, 5.74) is 1.10. The molecule has 26 heavy (non-hydrogen) atoms. The Hall–Kier alpha value is -2.66. The van der Waals surface area contributed by atoms with Gasteiger partial charge in [-0.25, -0.2) is 9.69 Å². The summed E-state index contributed by atoms with van der Waals surface area (Å²) in [5.74, 6) is -0.161. The van der Waals surface area contributed by atoms with Crippen molar-refractivity contribution >= 4 is 33.4 Å². The Balaban J connectivity index is 1.42. The minimum atomic E-state index is -0.521. The van der Waals surface area contributed by atoms with Crippen molar-refractivity contribution in [2.75, 3.05) is 6.61 Å². The van der Waals surface area contributed by atoms with Crippen molar-refractivity contribution in [1.82, 2.24) is 4.90 Å². The van der Waals surface area contributed by atoms with Gasteiger partial charge in [0, 0.05) is 16.0 Å².